The first-order valence-electron chi connectivity index (χ1n) is 11.2. The fourth-order valence-corrected chi connectivity index (χ4v) is 4.39. The van der Waals surface area contributed by atoms with Crippen molar-refractivity contribution < 1.29 is 49.2 Å². The number of ether oxygens (including phenoxy) is 5. The maximum Gasteiger partial charge on any atom is 0.228 e. The minimum absolute atomic E-state index is 0.0929. The summed E-state index contributed by atoms with van der Waals surface area (Å²) in [4.78, 5) is 11.2. The van der Waals surface area contributed by atoms with Crippen LogP contribution in [0.1, 0.15) is 12.5 Å². The van der Waals surface area contributed by atoms with Crippen LogP contribution in [0.25, 0.3) is 11.4 Å². The third kappa shape index (κ3) is 4.70. The summed E-state index contributed by atoms with van der Waals surface area (Å²) in [5.41, 5.74) is 0.662. The smallest absolute Gasteiger partial charge is 0.228 e. The van der Waals surface area contributed by atoms with Crippen molar-refractivity contribution in [3.8, 4) is 23.3 Å². The Bertz CT molecular complexity index is 1050. The van der Waals surface area contributed by atoms with Crippen molar-refractivity contribution in [2.24, 2.45) is 0 Å². The number of aliphatic hydroxyl groups is 5. The molecule has 7 N–H and O–H groups in total. The van der Waals surface area contributed by atoms with E-state index in [-0.39, 0.29) is 17.4 Å². The molecule has 0 bridgehead atoms. The average Bonchev–Trinajstić information content (AvgIpc) is 3.29. The summed E-state index contributed by atoms with van der Waals surface area (Å²) < 4.78 is 27.4. The van der Waals surface area contributed by atoms with Crippen molar-refractivity contribution in [2.75, 3.05) is 26.1 Å². The second-order valence-corrected chi connectivity index (χ2v) is 8.50. The highest BCUT2D eigenvalue weighted by Crippen LogP contribution is 2.34. The Morgan fingerprint density at radius 3 is 2.47 bits per heavy atom. The van der Waals surface area contributed by atoms with Crippen molar-refractivity contribution in [3.63, 3.8) is 0 Å². The molecule has 0 aromatic carbocycles. The summed E-state index contributed by atoms with van der Waals surface area (Å²) in [6.07, 6.45) is -11.3. The van der Waals surface area contributed by atoms with Gasteiger partial charge in [0, 0.05) is 13.3 Å². The topological polar surface area (TPSA) is 225 Å². The van der Waals surface area contributed by atoms with E-state index in [4.69, 9.17) is 23.7 Å². The number of hydrogen-bond acceptors (Lipinski definition) is 14. The summed E-state index contributed by atoms with van der Waals surface area (Å²) in [5, 5.41) is 63.9. The van der Waals surface area contributed by atoms with Crippen molar-refractivity contribution in [1.82, 2.24) is 15.0 Å². The van der Waals surface area contributed by atoms with Crippen LogP contribution in [0.15, 0.2) is 6.20 Å². The second-order valence-electron chi connectivity index (χ2n) is 8.50. The molecular weight excluding hydrogens is 482 g/mol. The molecule has 2 fully saturated rings. The molecule has 4 rings (SSSR count). The molecule has 0 aromatic heterocycles. The van der Waals surface area contributed by atoms with Gasteiger partial charge in [-0.15, -0.1) is 0 Å². The van der Waals surface area contributed by atoms with Crippen LogP contribution in [0.4, 0.5) is 5.95 Å². The summed E-state index contributed by atoms with van der Waals surface area (Å²) in [6, 6.07) is 2.00. The van der Waals surface area contributed by atoms with E-state index in [1.54, 1.807) is 6.92 Å². The molecule has 36 heavy (non-hydrogen) atoms. The van der Waals surface area contributed by atoms with E-state index in [9.17, 15) is 30.8 Å². The zero-order valence-corrected chi connectivity index (χ0v) is 19.7. The molecule has 0 aromatic rings. The molecule has 4 aliphatic rings. The standard InChI is InChI=1S/C21H29N5O10/c1-7-15(36-20-14(31)12(29)16(32-2)9(6-27)35-20)11(28)13(30)19(34-7)26-21-24-17-10(18(25-21)33-3)8(4-22)5-23-17/h5,7,9,11-16,19-20,27-31H,6H2,1-3H3,(H2,23,24,25,26)/t7-,9-,11-,12-,13-,14-,15-,16-,19+,20+/m1/s1. The van der Waals surface area contributed by atoms with E-state index in [0.29, 0.717) is 11.4 Å². The van der Waals surface area contributed by atoms with E-state index in [0.717, 1.165) is 0 Å². The Hall–Kier alpha value is -2.65. The van der Waals surface area contributed by atoms with E-state index in [2.05, 4.69) is 20.3 Å². The summed E-state index contributed by atoms with van der Waals surface area (Å²) in [5.74, 6) is 0.529. The van der Waals surface area contributed by atoms with Crippen molar-refractivity contribution in [1.29, 1.82) is 5.26 Å². The van der Waals surface area contributed by atoms with Crippen molar-refractivity contribution >= 4 is 5.95 Å². The van der Waals surface area contributed by atoms with E-state index < -0.39 is 68.0 Å². The van der Waals surface area contributed by atoms with Gasteiger partial charge in [0.15, 0.2) is 12.5 Å². The summed E-state index contributed by atoms with van der Waals surface area (Å²) in [6.45, 7) is 1.06. The van der Waals surface area contributed by atoms with E-state index in [1.807, 2.05) is 6.07 Å². The molecule has 0 amide bonds. The number of fused-ring (bicyclic) bond motifs is 1. The second kappa shape index (κ2) is 10.8. The number of aliphatic hydroxyl groups excluding tert-OH is 5. The molecule has 0 saturated carbocycles. The van der Waals surface area contributed by atoms with Crippen LogP contribution in [-0.2, 0) is 18.9 Å². The molecule has 4 heterocycles. The number of H-pyrrole nitrogens is 1. The summed E-state index contributed by atoms with van der Waals surface area (Å²) in [7, 11) is 2.68. The van der Waals surface area contributed by atoms with Gasteiger partial charge >= 0.3 is 0 Å². The van der Waals surface area contributed by atoms with E-state index >= 15 is 0 Å². The van der Waals surface area contributed by atoms with Crippen LogP contribution < -0.4 is 10.1 Å². The number of rotatable bonds is 7. The third-order valence-electron chi connectivity index (χ3n) is 6.29. The monoisotopic (exact) mass is 511 g/mol. The number of nitriles is 1. The first-order valence-corrected chi connectivity index (χ1v) is 11.2. The Balaban J connectivity index is 1.48. The zero-order chi connectivity index (χ0) is 26.1. The molecule has 15 heteroatoms. The van der Waals surface area contributed by atoms with Crippen LogP contribution in [0.5, 0.6) is 5.88 Å². The lowest BCUT2D eigenvalue weighted by Crippen LogP contribution is -2.64. The van der Waals surface area contributed by atoms with E-state index in [1.165, 1.54) is 20.4 Å². The molecule has 0 spiro atoms. The molecule has 15 nitrogen and oxygen atoms in total. The number of methoxy groups -OCH3 is 2. The number of anilines is 1. The lowest BCUT2D eigenvalue weighted by atomic mass is 9.97. The van der Waals surface area contributed by atoms with Crippen LogP contribution in [0.3, 0.4) is 0 Å². The molecule has 10 atom stereocenters. The third-order valence-corrected chi connectivity index (χ3v) is 6.29. The fourth-order valence-electron chi connectivity index (χ4n) is 4.39. The van der Waals surface area contributed by atoms with Crippen LogP contribution in [-0.4, -0.2) is 123 Å². The van der Waals surface area contributed by atoms with Gasteiger partial charge in [0.25, 0.3) is 0 Å². The predicted molar refractivity (Wildman–Crippen MR) is 118 cm³/mol. The Labute approximate surface area is 205 Å². The molecule has 0 radical (unpaired) electrons. The number of aromatic amines is 1. The van der Waals surface area contributed by atoms with Crippen molar-refractivity contribution in [3.05, 3.63) is 11.8 Å². The highest BCUT2D eigenvalue weighted by molar-refractivity contribution is 5.72. The van der Waals surface area contributed by atoms with Gasteiger partial charge in [0.05, 0.1) is 30.9 Å². The highest BCUT2D eigenvalue weighted by Gasteiger charge is 2.50. The van der Waals surface area contributed by atoms with Gasteiger partial charge < -0.3 is 59.5 Å². The Morgan fingerprint density at radius 2 is 1.83 bits per heavy atom. The summed E-state index contributed by atoms with van der Waals surface area (Å²) >= 11 is 0. The van der Waals surface area contributed by atoms with Gasteiger partial charge in [-0.3, -0.25) is 0 Å². The minimum atomic E-state index is -1.56. The zero-order valence-electron chi connectivity index (χ0n) is 19.7. The van der Waals surface area contributed by atoms with Gasteiger partial charge in [-0.25, -0.2) is 4.98 Å². The largest absolute Gasteiger partial charge is 0.480 e. The SMILES string of the molecule is COc1nc(N[C@H]2O[C@H](C)[C@@H](O[C@@H]3O[C@H](CO)[C@@H](OC)[C@H](O)[C@H]3O)[C@H](O)[C@H]2O)[nH]c2ncc(C#N)c1-2. The molecule has 4 aliphatic heterocycles. The van der Waals surface area contributed by atoms with Crippen LogP contribution >= 0.6 is 0 Å². The number of nitrogens with zero attached hydrogens (tertiary/aromatic N) is 3. The van der Waals surface area contributed by atoms with Gasteiger partial charge in [0.2, 0.25) is 11.8 Å². The highest BCUT2D eigenvalue weighted by atomic mass is 16.7. The number of hydrogen-bond donors (Lipinski definition) is 7. The van der Waals surface area contributed by atoms with Gasteiger partial charge in [-0.2, -0.15) is 10.2 Å². The first-order chi connectivity index (χ1) is 17.2. The van der Waals surface area contributed by atoms with Crippen molar-refractivity contribution in [2.45, 2.75) is 68.3 Å². The molecular formula is C21H29N5O10. The van der Waals surface area contributed by atoms with Crippen LogP contribution in [0.2, 0.25) is 0 Å². The maximum absolute atomic E-state index is 10.8. The fraction of sp³-hybridized carbons (Fsp3) is 0.667. The number of aromatic nitrogens is 3. The Kier molecular flexibility index (Phi) is 7.90. The first kappa shape index (κ1) is 26.4. The lowest BCUT2D eigenvalue weighted by Gasteiger charge is -2.46. The minimum Gasteiger partial charge on any atom is -0.480 e. The lowest BCUT2D eigenvalue weighted by molar-refractivity contribution is -0.339. The molecule has 198 valence electrons. The predicted octanol–water partition coefficient (Wildman–Crippen LogP) is -2.49. The molecule has 2 saturated heterocycles. The maximum atomic E-state index is 10.8. The Morgan fingerprint density at radius 1 is 1.11 bits per heavy atom. The normalized spacial score (nSPS) is 37.0. The molecule has 0 unspecified atom stereocenters. The van der Waals surface area contributed by atoms with Gasteiger partial charge in [0.1, 0.15) is 54.6 Å². The van der Waals surface area contributed by atoms with Crippen LogP contribution in [0, 0.1) is 11.3 Å². The quantitative estimate of drug-likeness (QED) is 0.204. The average molecular weight is 511 g/mol. The number of nitrogens with one attached hydrogen (secondary N) is 2. The molecule has 0 aliphatic carbocycles. The van der Waals surface area contributed by atoms with Gasteiger partial charge in [-0.05, 0) is 6.92 Å². The van der Waals surface area contributed by atoms with Gasteiger partial charge in [-0.1, -0.05) is 0 Å².